The maximum absolute atomic E-state index is 11.6. The van der Waals surface area contributed by atoms with Crippen molar-refractivity contribution >= 4 is 49.8 Å². The van der Waals surface area contributed by atoms with E-state index in [2.05, 4.69) is 25.1 Å². The number of halogens is 2. The number of aromatic nitrogens is 4. The molecule has 0 spiro atoms. The van der Waals surface area contributed by atoms with Gasteiger partial charge in [0.05, 0.1) is 21.3 Å². The molecule has 3 aromatic heterocycles. The minimum atomic E-state index is -3.00. The number of H-pyrrole nitrogens is 1. The van der Waals surface area contributed by atoms with Crippen LogP contribution in [0, 0.1) is 5.92 Å². The van der Waals surface area contributed by atoms with Gasteiger partial charge in [-0.25, -0.2) is 13.4 Å². The fourth-order valence-corrected chi connectivity index (χ4v) is 6.46. The highest BCUT2D eigenvalue weighted by atomic mass is 35.5. The van der Waals surface area contributed by atoms with Gasteiger partial charge in [-0.2, -0.15) is 5.10 Å². The van der Waals surface area contributed by atoms with E-state index in [1.54, 1.807) is 18.6 Å². The minimum Gasteiger partial charge on any atom is -0.486 e. The van der Waals surface area contributed by atoms with Crippen LogP contribution in [0.2, 0.25) is 10.0 Å². The summed E-state index contributed by atoms with van der Waals surface area (Å²) in [5, 5.41) is 9.35. The second-order valence-corrected chi connectivity index (χ2v) is 12.2. The van der Waals surface area contributed by atoms with Crippen LogP contribution in [-0.2, 0) is 9.84 Å². The summed E-state index contributed by atoms with van der Waals surface area (Å²) in [4.78, 5) is 10.7. The van der Waals surface area contributed by atoms with Gasteiger partial charge in [0.15, 0.2) is 0 Å². The molecule has 188 valence electrons. The number of hydrogen-bond acceptors (Lipinski definition) is 7. The lowest BCUT2D eigenvalue weighted by Gasteiger charge is -2.47. The van der Waals surface area contributed by atoms with Crippen LogP contribution in [-0.4, -0.2) is 53.2 Å². The molecule has 0 amide bonds. The molecule has 1 aliphatic heterocycles. The van der Waals surface area contributed by atoms with Crippen molar-refractivity contribution in [3.8, 4) is 17.0 Å². The second kappa shape index (κ2) is 9.53. The molecule has 1 N–H and O–H groups in total. The molecule has 1 fully saturated rings. The molecule has 0 bridgehead atoms. The van der Waals surface area contributed by atoms with Gasteiger partial charge in [-0.1, -0.05) is 23.2 Å². The number of benzene rings is 1. The Morgan fingerprint density at radius 1 is 1.17 bits per heavy atom. The number of aromatic amines is 1. The van der Waals surface area contributed by atoms with Crippen molar-refractivity contribution in [3.63, 3.8) is 0 Å². The smallest absolute Gasteiger partial charge is 0.147 e. The Morgan fingerprint density at radius 2 is 1.92 bits per heavy atom. The number of nitrogens with one attached hydrogen (secondary N) is 1. The number of rotatable bonds is 7. The molecule has 4 heterocycles. The van der Waals surface area contributed by atoms with E-state index in [0.717, 1.165) is 28.0 Å². The average molecular weight is 546 g/mol. The number of anilines is 1. The monoisotopic (exact) mass is 545 g/mol. The van der Waals surface area contributed by atoms with Gasteiger partial charge in [0.25, 0.3) is 0 Å². The summed E-state index contributed by atoms with van der Waals surface area (Å²) in [6, 6.07) is 9.74. The van der Waals surface area contributed by atoms with E-state index in [1.807, 2.05) is 44.2 Å². The largest absolute Gasteiger partial charge is 0.486 e. The number of pyridine rings is 2. The van der Waals surface area contributed by atoms with Crippen molar-refractivity contribution in [1.29, 1.82) is 0 Å². The van der Waals surface area contributed by atoms with Crippen molar-refractivity contribution in [2.45, 2.75) is 26.0 Å². The number of hydrogen-bond donors (Lipinski definition) is 1. The van der Waals surface area contributed by atoms with Crippen LogP contribution in [0.4, 0.5) is 5.82 Å². The lowest BCUT2D eigenvalue weighted by molar-refractivity contribution is 0.227. The van der Waals surface area contributed by atoms with E-state index < -0.39 is 9.84 Å². The van der Waals surface area contributed by atoms with Crippen molar-refractivity contribution in [3.05, 3.63) is 64.5 Å². The highest BCUT2D eigenvalue weighted by Crippen LogP contribution is 2.36. The average Bonchev–Trinajstić information content (AvgIpc) is 3.24. The van der Waals surface area contributed by atoms with Crippen molar-refractivity contribution < 1.29 is 13.2 Å². The molecule has 8 nitrogen and oxygen atoms in total. The summed E-state index contributed by atoms with van der Waals surface area (Å²) in [5.41, 5.74) is 3.17. The lowest BCUT2D eigenvalue weighted by Crippen LogP contribution is -2.57. The predicted octanol–water partition coefficient (Wildman–Crippen LogP) is 5.34. The van der Waals surface area contributed by atoms with Gasteiger partial charge < -0.3 is 9.64 Å². The van der Waals surface area contributed by atoms with Gasteiger partial charge in [0.2, 0.25) is 0 Å². The van der Waals surface area contributed by atoms with Crippen molar-refractivity contribution in [2.75, 3.05) is 23.5 Å². The van der Waals surface area contributed by atoms with Crippen LogP contribution in [0.5, 0.6) is 5.75 Å². The summed E-state index contributed by atoms with van der Waals surface area (Å²) in [5.74, 6) is 1.79. The van der Waals surface area contributed by atoms with Crippen LogP contribution >= 0.6 is 23.2 Å². The first-order valence-electron chi connectivity index (χ1n) is 11.4. The fourth-order valence-electron chi connectivity index (χ4n) is 4.63. The number of ether oxygens (including phenoxy) is 1. The van der Waals surface area contributed by atoms with Gasteiger partial charge in [-0.15, -0.1) is 0 Å². The molecule has 5 rings (SSSR count). The van der Waals surface area contributed by atoms with E-state index in [-0.39, 0.29) is 23.8 Å². The molecule has 0 saturated carbocycles. The van der Waals surface area contributed by atoms with Crippen LogP contribution in [0.25, 0.3) is 22.2 Å². The molecule has 1 aromatic carbocycles. The molecule has 0 radical (unpaired) electrons. The third kappa shape index (κ3) is 4.87. The predicted molar refractivity (Wildman–Crippen MR) is 143 cm³/mol. The Bertz CT molecular complexity index is 1500. The molecule has 0 aliphatic carbocycles. The molecule has 1 saturated heterocycles. The van der Waals surface area contributed by atoms with E-state index in [0.29, 0.717) is 27.9 Å². The SMILES string of the molecule is C[C@@H]1[C@@H](CS(C)(=O)=O)CN1c1ccc(-c2n[nH]c3ccc(O[C@H](C)c4c(Cl)cncc4Cl)cc23)cn1. The topological polar surface area (TPSA) is 101 Å². The second-order valence-electron chi connectivity index (χ2n) is 9.21. The molecule has 11 heteroatoms. The van der Waals surface area contributed by atoms with Crippen molar-refractivity contribution in [1.82, 2.24) is 20.2 Å². The normalized spacial score (nSPS) is 18.8. The zero-order chi connectivity index (χ0) is 25.6. The summed E-state index contributed by atoms with van der Waals surface area (Å²) in [6.07, 6.45) is 5.78. The van der Waals surface area contributed by atoms with E-state index in [4.69, 9.17) is 27.9 Å². The summed E-state index contributed by atoms with van der Waals surface area (Å²) < 4.78 is 29.4. The van der Waals surface area contributed by atoms with Gasteiger partial charge in [-0.05, 0) is 44.2 Å². The van der Waals surface area contributed by atoms with E-state index in [9.17, 15) is 8.42 Å². The first-order valence-corrected chi connectivity index (χ1v) is 14.3. The number of fused-ring (bicyclic) bond motifs is 1. The summed E-state index contributed by atoms with van der Waals surface area (Å²) >= 11 is 12.6. The van der Waals surface area contributed by atoms with Crippen LogP contribution in [0.15, 0.2) is 48.9 Å². The summed E-state index contributed by atoms with van der Waals surface area (Å²) in [7, 11) is -3.00. The molecule has 0 unspecified atom stereocenters. The third-order valence-corrected chi connectivity index (χ3v) is 8.22. The lowest BCUT2D eigenvalue weighted by atomic mass is 9.92. The minimum absolute atomic E-state index is 0.119. The highest BCUT2D eigenvalue weighted by Gasteiger charge is 2.38. The Balaban J connectivity index is 1.35. The zero-order valence-electron chi connectivity index (χ0n) is 19.9. The quantitative estimate of drug-likeness (QED) is 0.334. The Kier molecular flexibility index (Phi) is 6.57. The van der Waals surface area contributed by atoms with Gasteiger partial charge >= 0.3 is 0 Å². The molecule has 3 atom stereocenters. The molecule has 1 aliphatic rings. The maximum atomic E-state index is 11.6. The van der Waals surface area contributed by atoms with E-state index in [1.165, 1.54) is 6.26 Å². The summed E-state index contributed by atoms with van der Waals surface area (Å²) in [6.45, 7) is 4.59. The van der Waals surface area contributed by atoms with Gasteiger partial charge in [0.1, 0.15) is 33.2 Å². The van der Waals surface area contributed by atoms with Crippen LogP contribution in [0.1, 0.15) is 25.5 Å². The Labute approximate surface area is 219 Å². The highest BCUT2D eigenvalue weighted by molar-refractivity contribution is 7.90. The number of sulfone groups is 1. The Hall–Kier alpha value is -2.88. The maximum Gasteiger partial charge on any atom is 0.147 e. The zero-order valence-corrected chi connectivity index (χ0v) is 22.3. The standard InChI is InChI=1S/C25H25Cl2N5O3S/c1-14-17(13-36(3,33)34)12-32(14)23-7-4-16(9-29-23)25-19-8-18(5-6-22(19)30-31-25)35-15(2)24-20(26)10-28-11-21(24)27/h4-11,14-15,17H,12-13H2,1-3H3,(H,30,31)/t14-,15-,17-/m1/s1. The molecular formula is C25H25Cl2N5O3S. The number of nitrogens with zero attached hydrogens (tertiary/aromatic N) is 4. The van der Waals surface area contributed by atoms with E-state index >= 15 is 0 Å². The van der Waals surface area contributed by atoms with Crippen LogP contribution < -0.4 is 9.64 Å². The first-order chi connectivity index (χ1) is 17.1. The third-order valence-electron chi connectivity index (χ3n) is 6.58. The molecule has 36 heavy (non-hydrogen) atoms. The first kappa shape index (κ1) is 24.8. The van der Waals surface area contributed by atoms with Gasteiger partial charge in [0, 0.05) is 59.9 Å². The molecular weight excluding hydrogens is 521 g/mol. The molecule has 4 aromatic rings. The van der Waals surface area contributed by atoms with Gasteiger partial charge in [-0.3, -0.25) is 10.1 Å². The fraction of sp³-hybridized carbons (Fsp3) is 0.320. The van der Waals surface area contributed by atoms with Crippen LogP contribution in [0.3, 0.4) is 0 Å². The van der Waals surface area contributed by atoms with Crippen molar-refractivity contribution in [2.24, 2.45) is 5.92 Å². The Morgan fingerprint density at radius 3 is 2.56 bits per heavy atom.